The van der Waals surface area contributed by atoms with Gasteiger partial charge in [0.2, 0.25) is 0 Å². The summed E-state index contributed by atoms with van der Waals surface area (Å²) in [6, 6.07) is 31.0. The molecule has 6 heterocycles. The van der Waals surface area contributed by atoms with Gasteiger partial charge in [-0.25, -0.2) is 29.3 Å². The van der Waals surface area contributed by atoms with E-state index in [2.05, 4.69) is 167 Å². The molecule has 0 radical (unpaired) electrons. The van der Waals surface area contributed by atoms with Gasteiger partial charge >= 0.3 is 0 Å². The fourth-order valence-corrected chi connectivity index (χ4v) is 9.33. The number of rotatable bonds is 10. The molecule has 2 aliphatic heterocycles. The highest BCUT2D eigenvalue weighted by atomic mass is 15.4. The van der Waals surface area contributed by atoms with E-state index >= 15 is 0 Å². The van der Waals surface area contributed by atoms with Gasteiger partial charge < -0.3 is 9.13 Å². The van der Waals surface area contributed by atoms with E-state index in [9.17, 15) is 0 Å². The Bertz CT molecular complexity index is 2780. The van der Waals surface area contributed by atoms with Crippen molar-refractivity contribution >= 4 is 24.3 Å². The highest BCUT2D eigenvalue weighted by molar-refractivity contribution is 5.69. The van der Waals surface area contributed by atoms with Crippen LogP contribution in [0.15, 0.2) is 110 Å². The van der Waals surface area contributed by atoms with Crippen LogP contribution in [-0.2, 0) is 13.1 Å². The summed E-state index contributed by atoms with van der Waals surface area (Å²) in [5, 5.41) is 9.57. The maximum atomic E-state index is 4.92. The Morgan fingerprint density at radius 3 is 1.27 bits per heavy atom. The highest BCUT2D eigenvalue weighted by Gasteiger charge is 2.27. The Morgan fingerprint density at radius 2 is 0.924 bits per heavy atom. The van der Waals surface area contributed by atoms with E-state index in [1.165, 1.54) is 33.4 Å². The minimum Gasteiger partial charge on any atom is -0.306 e. The molecule has 0 fully saturated rings. The van der Waals surface area contributed by atoms with Crippen molar-refractivity contribution in [3.8, 4) is 11.4 Å². The third-order valence-corrected chi connectivity index (χ3v) is 13.1. The zero-order valence-corrected chi connectivity index (χ0v) is 39.7. The number of nitrogens with zero attached hydrogens (tertiary/aromatic N) is 10. The Kier molecular flexibility index (Phi) is 12.9. The van der Waals surface area contributed by atoms with E-state index < -0.39 is 0 Å². The maximum absolute atomic E-state index is 4.92. The van der Waals surface area contributed by atoms with Gasteiger partial charge in [-0.1, -0.05) is 101 Å². The smallest absolute Gasteiger partial charge is 0.174 e. The van der Waals surface area contributed by atoms with Crippen molar-refractivity contribution < 1.29 is 0 Å². The molecule has 0 N–H and O–H groups in total. The molecule has 0 saturated heterocycles. The Labute approximate surface area is 389 Å². The van der Waals surface area contributed by atoms with Crippen molar-refractivity contribution in [2.45, 2.75) is 118 Å². The number of imidazole rings is 2. The first-order chi connectivity index (χ1) is 31.9. The largest absolute Gasteiger partial charge is 0.306 e. The summed E-state index contributed by atoms with van der Waals surface area (Å²) in [4.78, 5) is 18.5. The molecular formula is C56H62N10. The van der Waals surface area contributed by atoms with Crippen molar-refractivity contribution in [2.24, 2.45) is 0 Å². The maximum Gasteiger partial charge on any atom is 0.174 e. The summed E-state index contributed by atoms with van der Waals surface area (Å²) >= 11 is 0. The number of benzene rings is 4. The molecular weight excluding hydrogens is 813 g/mol. The Hall–Kier alpha value is -6.94. The zero-order chi connectivity index (χ0) is 45.9. The van der Waals surface area contributed by atoms with E-state index in [0.717, 1.165) is 96.0 Å². The van der Waals surface area contributed by atoms with Crippen molar-refractivity contribution in [1.82, 2.24) is 48.6 Å². The van der Waals surface area contributed by atoms with Gasteiger partial charge in [0, 0.05) is 48.7 Å². The molecule has 0 bridgehead atoms. The van der Waals surface area contributed by atoms with Crippen LogP contribution in [-0.4, -0.2) is 48.6 Å². The van der Waals surface area contributed by atoms with Crippen LogP contribution >= 0.6 is 0 Å². The average Bonchev–Trinajstić information content (AvgIpc) is 4.14. The van der Waals surface area contributed by atoms with E-state index in [1.54, 1.807) is 0 Å². The lowest BCUT2D eigenvalue weighted by atomic mass is 9.89. The monoisotopic (exact) mass is 875 g/mol. The van der Waals surface area contributed by atoms with Gasteiger partial charge in [0.1, 0.15) is 11.6 Å². The number of aromatic nitrogens is 10. The molecule has 0 aliphatic carbocycles. The zero-order valence-electron chi connectivity index (χ0n) is 39.7. The topological polar surface area (TPSA) is 97.1 Å². The third kappa shape index (κ3) is 9.83. The molecule has 10 rings (SSSR count). The highest BCUT2D eigenvalue weighted by Crippen LogP contribution is 2.35. The molecule has 10 nitrogen and oxygen atoms in total. The van der Waals surface area contributed by atoms with Crippen LogP contribution in [0.3, 0.4) is 0 Å². The molecule has 0 spiro atoms. The van der Waals surface area contributed by atoms with Crippen molar-refractivity contribution in [2.75, 3.05) is 0 Å². The van der Waals surface area contributed by atoms with Gasteiger partial charge in [0.15, 0.2) is 11.6 Å². The molecule has 66 heavy (non-hydrogen) atoms. The molecule has 336 valence electrons. The first-order valence-corrected chi connectivity index (χ1v) is 23.6. The van der Waals surface area contributed by atoms with Crippen LogP contribution < -0.4 is 0 Å². The number of fused-ring (bicyclic) bond motifs is 2. The molecule has 4 aromatic heterocycles. The predicted octanol–water partition coefficient (Wildman–Crippen LogP) is 12.6. The normalized spacial score (nSPS) is 16.0. The second-order valence-electron chi connectivity index (χ2n) is 18.7. The molecule has 4 aromatic carbocycles. The van der Waals surface area contributed by atoms with E-state index in [4.69, 9.17) is 20.2 Å². The lowest BCUT2D eigenvalue weighted by Crippen LogP contribution is -2.18. The second-order valence-corrected chi connectivity index (χ2v) is 18.7. The molecule has 0 amide bonds. The summed E-state index contributed by atoms with van der Waals surface area (Å²) in [6.07, 6.45) is 20.6. The second kappa shape index (κ2) is 19.3. The van der Waals surface area contributed by atoms with Crippen LogP contribution in [0, 0.1) is 27.7 Å². The lowest BCUT2D eigenvalue weighted by Gasteiger charge is -2.22. The summed E-state index contributed by atoms with van der Waals surface area (Å²) in [7, 11) is 0. The third-order valence-electron chi connectivity index (χ3n) is 13.1. The fourth-order valence-electron chi connectivity index (χ4n) is 9.33. The minimum atomic E-state index is 0.315. The Morgan fingerprint density at radius 1 is 0.515 bits per heavy atom. The van der Waals surface area contributed by atoms with Gasteiger partial charge in [0.05, 0.1) is 24.0 Å². The molecule has 0 unspecified atom stereocenters. The van der Waals surface area contributed by atoms with Gasteiger partial charge in [-0.3, -0.25) is 0 Å². The summed E-state index contributed by atoms with van der Waals surface area (Å²) in [5.74, 6) is 5.45. The molecule has 2 aliphatic rings. The Balaban J connectivity index is 0.000000166. The van der Waals surface area contributed by atoms with Gasteiger partial charge in [-0.15, -0.1) is 0 Å². The number of hydrogen-bond acceptors (Lipinski definition) is 6. The summed E-state index contributed by atoms with van der Waals surface area (Å²) in [5.41, 5.74) is 14.5. The predicted molar refractivity (Wildman–Crippen MR) is 267 cm³/mol. The first-order valence-electron chi connectivity index (χ1n) is 23.6. The van der Waals surface area contributed by atoms with Crippen LogP contribution in [0.4, 0.5) is 0 Å². The average molecular weight is 875 g/mol. The number of aryl methyl sites for hydroxylation is 6. The molecule has 8 aromatic rings. The van der Waals surface area contributed by atoms with E-state index in [0.29, 0.717) is 23.7 Å². The first kappa shape index (κ1) is 44.3. The van der Waals surface area contributed by atoms with Gasteiger partial charge in [-0.05, 0) is 146 Å². The van der Waals surface area contributed by atoms with E-state index in [-0.39, 0.29) is 0 Å². The van der Waals surface area contributed by atoms with Crippen molar-refractivity contribution in [1.29, 1.82) is 0 Å². The summed E-state index contributed by atoms with van der Waals surface area (Å²) in [6.45, 7) is 19.1. The minimum absolute atomic E-state index is 0.315. The van der Waals surface area contributed by atoms with Crippen molar-refractivity contribution in [3.05, 3.63) is 189 Å². The quantitative estimate of drug-likeness (QED) is 0.136. The SMILES string of the molecule is Cc1cn(-c2ccc(/C=C/c3nc4n(n3)CCC[C@@H]4c3ccc(C(C)C)cc3)cc2C)cn1.Cc1cn(-c2ccc(/C=C/c3nc4n(n3)CCC[C@H]4c3ccc(C(C)C)cc3)cc2C)cn1. The molecule has 2 atom stereocenters. The summed E-state index contributed by atoms with van der Waals surface area (Å²) < 4.78 is 8.33. The van der Waals surface area contributed by atoms with Crippen LogP contribution in [0.25, 0.3) is 35.7 Å². The van der Waals surface area contributed by atoms with Gasteiger partial charge in [0.25, 0.3) is 0 Å². The number of hydrogen-bond donors (Lipinski definition) is 0. The molecule has 0 saturated carbocycles. The van der Waals surface area contributed by atoms with Crippen LogP contribution in [0.2, 0.25) is 0 Å². The van der Waals surface area contributed by atoms with Gasteiger partial charge in [-0.2, -0.15) is 10.2 Å². The fraction of sp³-hybridized carbons (Fsp3) is 0.321. The van der Waals surface area contributed by atoms with Crippen molar-refractivity contribution in [3.63, 3.8) is 0 Å². The standard InChI is InChI=1S/2C28H31N5/c2*1-19(2)23-9-11-24(12-10-23)25-6-5-15-33-28(25)30-27(31-33)14-8-22-7-13-26(20(3)16-22)32-17-21(4)29-18-32/h2*7-14,16-19,25H,5-6,15H2,1-4H3/b2*14-8+/t2*25-/m10/s1. The molecule has 10 heteroatoms. The van der Waals surface area contributed by atoms with Crippen LogP contribution in [0.1, 0.15) is 156 Å². The van der Waals surface area contributed by atoms with E-state index in [1.807, 2.05) is 51.0 Å². The van der Waals surface area contributed by atoms with Crippen LogP contribution in [0.5, 0.6) is 0 Å². The lowest BCUT2D eigenvalue weighted by molar-refractivity contribution is 0.445.